The summed E-state index contributed by atoms with van der Waals surface area (Å²) in [6, 6.07) is 6.98. The number of carbonyl (C=O) groups excluding carboxylic acids is 2. The third-order valence-electron chi connectivity index (χ3n) is 2.63. The van der Waals surface area contributed by atoms with Gasteiger partial charge in [0.25, 0.3) is 0 Å². The molecule has 0 aliphatic rings. The molecule has 0 aliphatic heterocycles. The van der Waals surface area contributed by atoms with Crippen molar-refractivity contribution < 1.29 is 9.59 Å². The fraction of sp³-hybridized carbons (Fsp3) is 0.333. The van der Waals surface area contributed by atoms with Crippen LogP contribution in [0.15, 0.2) is 32.9 Å². The van der Waals surface area contributed by atoms with Gasteiger partial charge in [-0.3, -0.25) is 9.59 Å². The molecule has 2 amide bonds. The summed E-state index contributed by atoms with van der Waals surface area (Å²) in [6.07, 6.45) is 1.09. The normalized spacial score (nSPS) is 10.4. The Morgan fingerprint density at radius 1 is 1.04 bits per heavy atom. The average molecular weight is 383 g/mol. The Balaban J connectivity index is 1.78. The van der Waals surface area contributed by atoms with Gasteiger partial charge in [-0.1, -0.05) is 41.8 Å². The molecule has 0 radical (unpaired) electrons. The van der Waals surface area contributed by atoms with Gasteiger partial charge >= 0.3 is 0 Å². The molecule has 0 aliphatic carbocycles. The van der Waals surface area contributed by atoms with Gasteiger partial charge in [-0.05, 0) is 30.7 Å². The first kappa shape index (κ1) is 18.8. The van der Waals surface area contributed by atoms with E-state index in [1.807, 2.05) is 0 Å². The van der Waals surface area contributed by atoms with E-state index in [4.69, 9.17) is 0 Å². The molecule has 0 atom stereocenters. The fourth-order valence-corrected chi connectivity index (χ4v) is 4.41. The molecule has 1 heterocycles. The first-order valence-corrected chi connectivity index (χ1v) is 10.1. The molecular formula is C15H18N4O2S3. The van der Waals surface area contributed by atoms with Crippen LogP contribution in [0.4, 0.5) is 11.4 Å². The van der Waals surface area contributed by atoms with Crippen molar-refractivity contribution in [2.24, 2.45) is 0 Å². The number of rotatable bonds is 8. The highest BCUT2D eigenvalue weighted by atomic mass is 32.2. The summed E-state index contributed by atoms with van der Waals surface area (Å²) in [6.45, 7) is 3.57. The van der Waals surface area contributed by atoms with Crippen LogP contribution in [0.25, 0.3) is 0 Å². The standard InChI is InChI=1S/C15H18N4O2S3/c1-3-8-22-14-18-19-15(24-14)23-9-13(21)17-12-6-4-11(5-7-12)16-10(2)20/h4-7H,3,8-9H2,1-2H3,(H,16,20)(H,17,21). The molecule has 2 aromatic rings. The van der Waals surface area contributed by atoms with Crippen LogP contribution in [0.5, 0.6) is 0 Å². The topological polar surface area (TPSA) is 84.0 Å². The lowest BCUT2D eigenvalue weighted by Gasteiger charge is -2.06. The first-order chi connectivity index (χ1) is 11.6. The predicted octanol–water partition coefficient (Wildman–Crippen LogP) is 3.73. The number of amides is 2. The van der Waals surface area contributed by atoms with Crippen LogP contribution < -0.4 is 10.6 Å². The summed E-state index contributed by atoms with van der Waals surface area (Å²) in [4.78, 5) is 22.9. The largest absolute Gasteiger partial charge is 0.326 e. The van der Waals surface area contributed by atoms with E-state index in [1.54, 1.807) is 36.0 Å². The number of nitrogens with zero attached hydrogens (tertiary/aromatic N) is 2. The van der Waals surface area contributed by atoms with E-state index < -0.39 is 0 Å². The zero-order chi connectivity index (χ0) is 17.4. The lowest BCUT2D eigenvalue weighted by atomic mass is 10.3. The van der Waals surface area contributed by atoms with Gasteiger partial charge in [0.05, 0.1) is 5.75 Å². The molecule has 1 aromatic heterocycles. The van der Waals surface area contributed by atoms with Crippen LogP contribution in [0.1, 0.15) is 20.3 Å². The van der Waals surface area contributed by atoms with Crippen LogP contribution in [-0.4, -0.2) is 33.5 Å². The van der Waals surface area contributed by atoms with E-state index in [-0.39, 0.29) is 17.6 Å². The lowest BCUT2D eigenvalue weighted by molar-refractivity contribution is -0.114. The highest BCUT2D eigenvalue weighted by Crippen LogP contribution is 2.29. The van der Waals surface area contributed by atoms with E-state index in [1.165, 1.54) is 30.0 Å². The highest BCUT2D eigenvalue weighted by molar-refractivity contribution is 8.03. The quantitative estimate of drug-likeness (QED) is 0.677. The van der Waals surface area contributed by atoms with Crippen molar-refractivity contribution in [2.75, 3.05) is 22.1 Å². The summed E-state index contributed by atoms with van der Waals surface area (Å²) in [5.41, 5.74) is 1.38. The molecule has 2 N–H and O–H groups in total. The van der Waals surface area contributed by atoms with Crippen LogP contribution in [0, 0.1) is 0 Å². The van der Waals surface area contributed by atoms with Crippen LogP contribution in [0.3, 0.4) is 0 Å². The molecule has 0 spiro atoms. The van der Waals surface area contributed by atoms with E-state index in [0.29, 0.717) is 11.4 Å². The summed E-state index contributed by atoms with van der Waals surface area (Å²) < 4.78 is 1.73. The molecule has 0 unspecified atom stereocenters. The SMILES string of the molecule is CCCSc1nnc(SCC(=O)Nc2ccc(NC(C)=O)cc2)s1. The minimum Gasteiger partial charge on any atom is -0.326 e. The average Bonchev–Trinajstić information content (AvgIpc) is 3.00. The second kappa shape index (κ2) is 9.65. The van der Waals surface area contributed by atoms with Gasteiger partial charge in [0.2, 0.25) is 11.8 Å². The number of carbonyl (C=O) groups is 2. The van der Waals surface area contributed by atoms with Crippen LogP contribution >= 0.6 is 34.9 Å². The van der Waals surface area contributed by atoms with Gasteiger partial charge in [-0.15, -0.1) is 10.2 Å². The zero-order valence-electron chi connectivity index (χ0n) is 13.4. The Kier molecular flexibility index (Phi) is 7.54. The zero-order valence-corrected chi connectivity index (χ0v) is 15.8. The Labute approximate surface area is 153 Å². The smallest absolute Gasteiger partial charge is 0.234 e. The molecule has 24 heavy (non-hydrogen) atoms. The molecule has 0 bridgehead atoms. The molecule has 0 saturated heterocycles. The van der Waals surface area contributed by atoms with E-state index in [2.05, 4.69) is 27.8 Å². The molecule has 128 valence electrons. The minimum atomic E-state index is -0.128. The predicted molar refractivity (Wildman–Crippen MR) is 101 cm³/mol. The monoisotopic (exact) mass is 382 g/mol. The van der Waals surface area contributed by atoms with Gasteiger partial charge in [0.15, 0.2) is 8.68 Å². The Morgan fingerprint density at radius 2 is 1.62 bits per heavy atom. The Hall–Kier alpha value is -1.58. The number of hydrogen-bond donors (Lipinski definition) is 2. The van der Waals surface area contributed by atoms with Crippen molar-refractivity contribution >= 4 is 58.0 Å². The summed E-state index contributed by atoms with van der Waals surface area (Å²) >= 11 is 4.57. The van der Waals surface area contributed by atoms with Crippen molar-refractivity contribution in [3.05, 3.63) is 24.3 Å². The molecule has 0 fully saturated rings. The molecule has 2 rings (SSSR count). The van der Waals surface area contributed by atoms with Gasteiger partial charge < -0.3 is 10.6 Å². The van der Waals surface area contributed by atoms with Gasteiger partial charge in [0.1, 0.15) is 0 Å². The number of benzene rings is 1. The summed E-state index contributed by atoms with van der Waals surface area (Å²) in [5.74, 6) is 1.07. The van der Waals surface area contributed by atoms with Gasteiger partial charge in [0, 0.05) is 24.1 Å². The lowest BCUT2D eigenvalue weighted by Crippen LogP contribution is -2.14. The molecule has 0 saturated carbocycles. The number of aromatic nitrogens is 2. The maximum absolute atomic E-state index is 12.0. The highest BCUT2D eigenvalue weighted by Gasteiger charge is 2.09. The second-order valence-corrected chi connectivity index (χ2v) is 8.32. The summed E-state index contributed by atoms with van der Waals surface area (Å²) in [5, 5.41) is 13.7. The number of hydrogen-bond acceptors (Lipinski definition) is 7. The van der Waals surface area contributed by atoms with Crippen molar-refractivity contribution in [3.8, 4) is 0 Å². The van der Waals surface area contributed by atoms with Gasteiger partial charge in [-0.25, -0.2) is 0 Å². The minimum absolute atomic E-state index is 0.106. The van der Waals surface area contributed by atoms with Crippen LogP contribution in [-0.2, 0) is 9.59 Å². The number of anilines is 2. The van der Waals surface area contributed by atoms with Gasteiger partial charge in [-0.2, -0.15) is 0 Å². The Morgan fingerprint density at radius 3 is 2.21 bits per heavy atom. The molecule has 6 nitrogen and oxygen atoms in total. The second-order valence-electron chi connectivity index (χ2n) is 4.78. The number of thioether (sulfide) groups is 2. The molecule has 1 aromatic carbocycles. The summed E-state index contributed by atoms with van der Waals surface area (Å²) in [7, 11) is 0. The fourth-order valence-electron chi connectivity index (χ4n) is 1.67. The third kappa shape index (κ3) is 6.50. The molecule has 9 heteroatoms. The van der Waals surface area contributed by atoms with Crippen LogP contribution in [0.2, 0.25) is 0 Å². The third-order valence-corrected chi connectivity index (χ3v) is 6.03. The maximum atomic E-state index is 12.0. The van der Waals surface area contributed by atoms with Crippen molar-refractivity contribution in [1.29, 1.82) is 0 Å². The van der Waals surface area contributed by atoms with Crippen molar-refractivity contribution in [2.45, 2.75) is 28.9 Å². The van der Waals surface area contributed by atoms with E-state index in [0.717, 1.165) is 20.9 Å². The maximum Gasteiger partial charge on any atom is 0.234 e. The molecular weight excluding hydrogens is 364 g/mol. The van der Waals surface area contributed by atoms with Crippen molar-refractivity contribution in [1.82, 2.24) is 10.2 Å². The number of nitrogens with one attached hydrogen (secondary N) is 2. The Bertz CT molecular complexity index is 688. The van der Waals surface area contributed by atoms with Crippen molar-refractivity contribution in [3.63, 3.8) is 0 Å². The van der Waals surface area contributed by atoms with E-state index >= 15 is 0 Å². The first-order valence-electron chi connectivity index (χ1n) is 7.33. The van der Waals surface area contributed by atoms with E-state index in [9.17, 15) is 9.59 Å².